The SMILES string of the molecule is COc1ccc(OC)c(CC(=O)NC(C(=O)NC(CC(=O)O)C(=O)CSCc2c(Cl)cccc2Cl)C(C)C)c1. The van der Waals surface area contributed by atoms with Gasteiger partial charge in [0.15, 0.2) is 5.78 Å². The van der Waals surface area contributed by atoms with E-state index in [0.29, 0.717) is 38.4 Å². The van der Waals surface area contributed by atoms with E-state index in [1.54, 1.807) is 50.2 Å². The van der Waals surface area contributed by atoms with Gasteiger partial charge in [0.1, 0.15) is 17.5 Å². The van der Waals surface area contributed by atoms with E-state index in [2.05, 4.69) is 10.6 Å². The fraction of sp³-hybridized carbons (Fsp3) is 0.407. The Morgan fingerprint density at radius 1 is 1.00 bits per heavy atom. The van der Waals surface area contributed by atoms with Gasteiger partial charge in [-0.3, -0.25) is 19.2 Å². The number of methoxy groups -OCH3 is 2. The van der Waals surface area contributed by atoms with E-state index in [9.17, 15) is 24.3 Å². The number of ketones is 1. The van der Waals surface area contributed by atoms with Crippen LogP contribution in [-0.2, 0) is 31.4 Å². The van der Waals surface area contributed by atoms with Crippen LogP contribution in [0, 0.1) is 5.92 Å². The molecule has 39 heavy (non-hydrogen) atoms. The van der Waals surface area contributed by atoms with Gasteiger partial charge in [0, 0.05) is 21.4 Å². The minimum Gasteiger partial charge on any atom is -0.497 e. The van der Waals surface area contributed by atoms with Crippen LogP contribution in [-0.4, -0.2) is 60.7 Å². The van der Waals surface area contributed by atoms with E-state index < -0.39 is 42.1 Å². The number of nitrogens with one attached hydrogen (secondary N) is 2. The molecule has 0 heterocycles. The summed E-state index contributed by atoms with van der Waals surface area (Å²) >= 11 is 13.5. The number of amides is 2. The lowest BCUT2D eigenvalue weighted by atomic mass is 10.0. The summed E-state index contributed by atoms with van der Waals surface area (Å²) in [7, 11) is 2.98. The number of carboxylic acid groups (broad SMARTS) is 1. The molecule has 0 saturated heterocycles. The molecule has 2 aromatic rings. The molecule has 9 nitrogen and oxygen atoms in total. The second kappa shape index (κ2) is 15.6. The van der Waals surface area contributed by atoms with E-state index in [1.165, 1.54) is 26.0 Å². The third kappa shape index (κ3) is 9.94. The van der Waals surface area contributed by atoms with Crippen LogP contribution in [0.3, 0.4) is 0 Å². The second-order valence-corrected chi connectivity index (χ2v) is 10.8. The Labute approximate surface area is 241 Å². The van der Waals surface area contributed by atoms with Crippen molar-refractivity contribution in [1.82, 2.24) is 10.6 Å². The van der Waals surface area contributed by atoms with Crippen molar-refractivity contribution in [2.24, 2.45) is 5.92 Å². The molecule has 0 aliphatic rings. The summed E-state index contributed by atoms with van der Waals surface area (Å²) in [5.74, 6) is -1.90. The number of hydrogen-bond acceptors (Lipinski definition) is 7. The van der Waals surface area contributed by atoms with E-state index in [4.69, 9.17) is 32.7 Å². The first-order chi connectivity index (χ1) is 18.5. The van der Waals surface area contributed by atoms with Crippen LogP contribution in [0.2, 0.25) is 10.0 Å². The molecule has 212 valence electrons. The summed E-state index contributed by atoms with van der Waals surface area (Å²) < 4.78 is 10.5. The van der Waals surface area contributed by atoms with Gasteiger partial charge in [0.2, 0.25) is 11.8 Å². The van der Waals surface area contributed by atoms with Crippen molar-refractivity contribution >= 4 is 58.5 Å². The molecule has 12 heteroatoms. The van der Waals surface area contributed by atoms with Gasteiger partial charge < -0.3 is 25.2 Å². The van der Waals surface area contributed by atoms with Crippen molar-refractivity contribution in [2.45, 2.75) is 44.5 Å². The van der Waals surface area contributed by atoms with Crippen molar-refractivity contribution in [3.63, 3.8) is 0 Å². The molecule has 0 saturated carbocycles. The van der Waals surface area contributed by atoms with Crippen LogP contribution < -0.4 is 20.1 Å². The highest BCUT2D eigenvalue weighted by molar-refractivity contribution is 7.99. The lowest BCUT2D eigenvalue weighted by Gasteiger charge is -2.25. The van der Waals surface area contributed by atoms with Crippen molar-refractivity contribution in [2.75, 3.05) is 20.0 Å². The number of thioether (sulfide) groups is 1. The zero-order valence-electron chi connectivity index (χ0n) is 22.1. The molecular weight excluding hydrogens is 567 g/mol. The summed E-state index contributed by atoms with van der Waals surface area (Å²) in [6, 6.07) is 7.83. The number of benzene rings is 2. The fourth-order valence-electron chi connectivity index (χ4n) is 3.66. The molecule has 0 bridgehead atoms. The standard InChI is InChI=1S/C27H32Cl2N2O7S/c1-15(2)26(31-24(33)11-16-10-17(37-3)8-9-23(16)38-4)27(36)30-21(12-25(34)35)22(32)14-39-13-18-19(28)6-5-7-20(18)29/h5-10,15,21,26H,11-14H2,1-4H3,(H,30,36)(H,31,33)(H,34,35). The van der Waals surface area contributed by atoms with Gasteiger partial charge in [-0.2, -0.15) is 0 Å². The molecule has 0 fully saturated rings. The van der Waals surface area contributed by atoms with E-state index >= 15 is 0 Å². The molecule has 3 N–H and O–H groups in total. The Hall–Kier alpha value is -2.95. The molecule has 2 rings (SSSR count). The third-order valence-corrected chi connectivity index (χ3v) is 7.43. The highest BCUT2D eigenvalue weighted by Gasteiger charge is 2.30. The summed E-state index contributed by atoms with van der Waals surface area (Å²) in [4.78, 5) is 50.3. The number of rotatable bonds is 15. The quantitative estimate of drug-likeness (QED) is 0.278. The number of halogens is 2. The Balaban J connectivity index is 2.07. The van der Waals surface area contributed by atoms with E-state index in [0.717, 1.165) is 0 Å². The average molecular weight is 600 g/mol. The fourth-order valence-corrected chi connectivity index (χ4v) is 5.37. The monoisotopic (exact) mass is 598 g/mol. The van der Waals surface area contributed by atoms with Gasteiger partial charge in [-0.05, 0) is 41.8 Å². The van der Waals surface area contributed by atoms with Crippen molar-refractivity contribution in [3.8, 4) is 11.5 Å². The van der Waals surface area contributed by atoms with Crippen molar-refractivity contribution in [1.29, 1.82) is 0 Å². The van der Waals surface area contributed by atoms with Gasteiger partial charge in [-0.15, -0.1) is 11.8 Å². The Kier molecular flexibility index (Phi) is 12.9. The molecule has 2 atom stereocenters. The maximum absolute atomic E-state index is 13.1. The predicted octanol–water partition coefficient (Wildman–Crippen LogP) is 4.16. The number of carbonyl (C=O) groups excluding carboxylic acids is 3. The van der Waals surface area contributed by atoms with Crippen LogP contribution in [0.5, 0.6) is 11.5 Å². The van der Waals surface area contributed by atoms with Crippen LogP contribution >= 0.6 is 35.0 Å². The van der Waals surface area contributed by atoms with Crippen molar-refractivity contribution in [3.05, 3.63) is 57.6 Å². The number of aliphatic carboxylic acids is 1. The van der Waals surface area contributed by atoms with Gasteiger partial charge in [-0.1, -0.05) is 43.1 Å². The Morgan fingerprint density at radius 3 is 2.23 bits per heavy atom. The largest absolute Gasteiger partial charge is 0.497 e. The number of Topliss-reactive ketones (excluding diaryl/α,β-unsaturated/α-hetero) is 1. The first-order valence-electron chi connectivity index (χ1n) is 12.0. The van der Waals surface area contributed by atoms with E-state index in [1.807, 2.05) is 0 Å². The van der Waals surface area contributed by atoms with Gasteiger partial charge in [0.25, 0.3) is 0 Å². The minimum absolute atomic E-state index is 0.0753. The summed E-state index contributed by atoms with van der Waals surface area (Å²) in [5.41, 5.74) is 1.22. The van der Waals surface area contributed by atoms with E-state index in [-0.39, 0.29) is 18.1 Å². The van der Waals surface area contributed by atoms with Gasteiger partial charge >= 0.3 is 5.97 Å². The lowest BCUT2D eigenvalue weighted by molar-refractivity contribution is -0.140. The van der Waals surface area contributed by atoms with Gasteiger partial charge in [-0.25, -0.2) is 0 Å². The van der Waals surface area contributed by atoms with Gasteiger partial charge in [0.05, 0.1) is 38.9 Å². The maximum Gasteiger partial charge on any atom is 0.305 e. The second-order valence-electron chi connectivity index (χ2n) is 8.96. The summed E-state index contributed by atoms with van der Waals surface area (Å²) in [6.45, 7) is 3.46. The third-order valence-electron chi connectivity index (χ3n) is 5.74. The zero-order valence-corrected chi connectivity index (χ0v) is 24.4. The molecule has 2 amide bonds. The zero-order chi connectivity index (χ0) is 29.1. The first-order valence-corrected chi connectivity index (χ1v) is 13.9. The molecule has 2 unspecified atom stereocenters. The van der Waals surface area contributed by atoms with Crippen LogP contribution in [0.25, 0.3) is 0 Å². The number of carbonyl (C=O) groups is 4. The van der Waals surface area contributed by atoms with Crippen LogP contribution in [0.1, 0.15) is 31.4 Å². The molecule has 0 aliphatic carbocycles. The molecular formula is C27H32Cl2N2O7S. The molecule has 0 aromatic heterocycles. The van der Waals surface area contributed by atoms with Crippen molar-refractivity contribution < 1.29 is 33.8 Å². The molecule has 0 spiro atoms. The van der Waals surface area contributed by atoms with Crippen LogP contribution in [0.4, 0.5) is 0 Å². The Bertz CT molecular complexity index is 1170. The number of hydrogen-bond donors (Lipinski definition) is 3. The molecule has 0 radical (unpaired) electrons. The first kappa shape index (κ1) is 32.3. The smallest absolute Gasteiger partial charge is 0.305 e. The highest BCUT2D eigenvalue weighted by Crippen LogP contribution is 2.28. The molecule has 2 aromatic carbocycles. The number of ether oxygens (including phenoxy) is 2. The Morgan fingerprint density at radius 2 is 1.67 bits per heavy atom. The normalized spacial score (nSPS) is 12.4. The lowest BCUT2D eigenvalue weighted by Crippen LogP contribution is -2.54. The topological polar surface area (TPSA) is 131 Å². The average Bonchev–Trinajstić information content (AvgIpc) is 2.87. The highest BCUT2D eigenvalue weighted by atomic mass is 35.5. The van der Waals surface area contributed by atoms with Crippen LogP contribution in [0.15, 0.2) is 36.4 Å². The number of carboxylic acids is 1. The summed E-state index contributed by atoms with van der Waals surface area (Å²) in [5, 5.41) is 15.5. The predicted molar refractivity (Wildman–Crippen MR) is 152 cm³/mol. The maximum atomic E-state index is 13.1. The molecule has 0 aliphatic heterocycles. The minimum atomic E-state index is -1.28. The summed E-state index contributed by atoms with van der Waals surface area (Å²) in [6.07, 6.45) is -0.687.